The molecule has 0 fully saturated rings. The highest BCUT2D eigenvalue weighted by Crippen LogP contribution is 2.22. The molecular formula is C6H7F4NO2. The molecule has 76 valence electrons. The molecule has 0 aliphatic carbocycles. The molecule has 0 heterocycles. The van der Waals surface area contributed by atoms with Crippen molar-refractivity contribution >= 4 is 11.7 Å². The van der Waals surface area contributed by atoms with Crippen LogP contribution in [0.5, 0.6) is 0 Å². The number of halogens is 4. The van der Waals surface area contributed by atoms with E-state index in [0.29, 0.717) is 0 Å². The molecule has 0 saturated carbocycles. The molecule has 0 bridgehead atoms. The van der Waals surface area contributed by atoms with Crippen molar-refractivity contribution in [3.8, 4) is 0 Å². The van der Waals surface area contributed by atoms with Gasteiger partial charge < -0.3 is 5.32 Å². The molecule has 0 aromatic carbocycles. The molecule has 13 heavy (non-hydrogen) atoms. The zero-order chi connectivity index (χ0) is 10.6. The van der Waals surface area contributed by atoms with E-state index in [1.165, 1.54) is 5.32 Å². The van der Waals surface area contributed by atoms with Gasteiger partial charge in [-0.2, -0.15) is 8.78 Å². The van der Waals surface area contributed by atoms with Gasteiger partial charge in [-0.05, 0) is 6.92 Å². The second-order valence-corrected chi connectivity index (χ2v) is 2.31. The van der Waals surface area contributed by atoms with E-state index >= 15 is 0 Å². The lowest BCUT2D eigenvalue weighted by molar-refractivity contribution is -0.169. The molecule has 1 N–H and O–H groups in total. The first kappa shape index (κ1) is 11.9. The van der Waals surface area contributed by atoms with Crippen molar-refractivity contribution in [2.75, 3.05) is 6.54 Å². The Labute approximate surface area is 71.1 Å². The van der Waals surface area contributed by atoms with Gasteiger partial charge in [-0.15, -0.1) is 0 Å². The molecule has 0 aliphatic heterocycles. The number of rotatable bonds is 4. The number of nitrogens with one attached hydrogen (secondary N) is 1. The summed E-state index contributed by atoms with van der Waals surface area (Å²) in [5.41, 5.74) is 0. The molecule has 0 radical (unpaired) electrons. The Morgan fingerprint density at radius 3 is 2.15 bits per heavy atom. The van der Waals surface area contributed by atoms with Gasteiger partial charge in [0.1, 0.15) is 5.78 Å². The Hall–Kier alpha value is -1.14. The summed E-state index contributed by atoms with van der Waals surface area (Å²) in [6, 6.07) is 0. The summed E-state index contributed by atoms with van der Waals surface area (Å²) in [7, 11) is 0. The minimum absolute atomic E-state index is 0.599. The van der Waals surface area contributed by atoms with Crippen molar-refractivity contribution in [3.05, 3.63) is 0 Å². The van der Waals surface area contributed by atoms with Gasteiger partial charge in [0.05, 0.1) is 6.54 Å². The first-order valence-corrected chi connectivity index (χ1v) is 3.22. The van der Waals surface area contributed by atoms with Crippen LogP contribution < -0.4 is 5.32 Å². The Balaban J connectivity index is 4.18. The predicted octanol–water partition coefficient (Wildman–Crippen LogP) is 0.592. The largest absolute Gasteiger partial charge is 0.383 e. The Kier molecular flexibility index (Phi) is 3.83. The summed E-state index contributed by atoms with van der Waals surface area (Å²) in [6.07, 6.45) is -4.07. The summed E-state index contributed by atoms with van der Waals surface area (Å²) in [5.74, 6) is -7.48. The summed E-state index contributed by atoms with van der Waals surface area (Å²) >= 11 is 0. The quantitative estimate of drug-likeness (QED) is 0.676. The van der Waals surface area contributed by atoms with Gasteiger partial charge in [0.15, 0.2) is 0 Å². The molecule has 0 atom stereocenters. The molecule has 0 aromatic rings. The van der Waals surface area contributed by atoms with Crippen LogP contribution in [0.2, 0.25) is 0 Å². The van der Waals surface area contributed by atoms with E-state index in [2.05, 4.69) is 0 Å². The zero-order valence-electron chi connectivity index (χ0n) is 6.61. The lowest BCUT2D eigenvalue weighted by atomic mass is 10.3. The second-order valence-electron chi connectivity index (χ2n) is 2.31. The number of Topliss-reactive ketones (excluding diaryl/α,β-unsaturated/α-hetero) is 1. The molecule has 7 heteroatoms. The van der Waals surface area contributed by atoms with Crippen LogP contribution in [0, 0.1) is 0 Å². The fourth-order valence-corrected chi connectivity index (χ4v) is 0.422. The average molecular weight is 201 g/mol. The number of ketones is 1. The molecule has 0 saturated heterocycles. The Bertz CT molecular complexity index is 217. The first-order valence-electron chi connectivity index (χ1n) is 3.22. The predicted molar refractivity (Wildman–Crippen MR) is 34.6 cm³/mol. The van der Waals surface area contributed by atoms with E-state index in [4.69, 9.17) is 0 Å². The van der Waals surface area contributed by atoms with Crippen LogP contribution >= 0.6 is 0 Å². The van der Waals surface area contributed by atoms with Crippen molar-refractivity contribution in [3.63, 3.8) is 0 Å². The molecule has 0 spiro atoms. The standard InChI is InChI=1S/C6H7F4NO2/c1-3(12)2-11-5(13)6(9,10)4(7)8/h4H,2H2,1H3,(H,11,13). The number of hydrogen-bond acceptors (Lipinski definition) is 2. The highest BCUT2D eigenvalue weighted by Gasteiger charge is 2.48. The molecule has 3 nitrogen and oxygen atoms in total. The van der Waals surface area contributed by atoms with Gasteiger partial charge in [0.2, 0.25) is 0 Å². The maximum atomic E-state index is 12.1. The summed E-state index contributed by atoms with van der Waals surface area (Å²) in [5, 5.41) is 1.39. The van der Waals surface area contributed by atoms with Crippen LogP contribution in [-0.4, -0.2) is 30.6 Å². The van der Waals surface area contributed by atoms with E-state index in [1.807, 2.05) is 0 Å². The van der Waals surface area contributed by atoms with Crippen LogP contribution in [0.1, 0.15) is 6.92 Å². The molecule has 1 amide bonds. The maximum absolute atomic E-state index is 12.1. The number of carbonyl (C=O) groups excluding carboxylic acids is 2. The minimum Gasteiger partial charge on any atom is -0.344 e. The third kappa shape index (κ3) is 3.39. The maximum Gasteiger partial charge on any atom is 0.383 e. The van der Waals surface area contributed by atoms with E-state index in [0.717, 1.165) is 6.92 Å². The minimum atomic E-state index is -4.74. The van der Waals surface area contributed by atoms with Crippen LogP contribution in [-0.2, 0) is 9.59 Å². The van der Waals surface area contributed by atoms with Gasteiger partial charge in [-0.25, -0.2) is 8.78 Å². The van der Waals surface area contributed by atoms with Gasteiger partial charge in [0.25, 0.3) is 5.91 Å². The molecular weight excluding hydrogens is 194 g/mol. The third-order valence-corrected chi connectivity index (χ3v) is 1.07. The monoisotopic (exact) mass is 201 g/mol. The lowest BCUT2D eigenvalue weighted by Gasteiger charge is -2.13. The van der Waals surface area contributed by atoms with Crippen LogP contribution in [0.4, 0.5) is 17.6 Å². The number of hydrogen-bond donors (Lipinski definition) is 1. The van der Waals surface area contributed by atoms with E-state index < -0.39 is 30.6 Å². The van der Waals surface area contributed by atoms with Crippen molar-refractivity contribution in [2.24, 2.45) is 0 Å². The average Bonchev–Trinajstić information content (AvgIpc) is 1.99. The van der Waals surface area contributed by atoms with E-state index in [1.54, 1.807) is 0 Å². The summed E-state index contributed by atoms with van der Waals surface area (Å²) in [4.78, 5) is 20.5. The smallest absolute Gasteiger partial charge is 0.344 e. The van der Waals surface area contributed by atoms with Crippen LogP contribution in [0.15, 0.2) is 0 Å². The van der Waals surface area contributed by atoms with Crippen molar-refractivity contribution in [1.29, 1.82) is 0 Å². The number of alkyl halides is 4. The van der Waals surface area contributed by atoms with Gasteiger partial charge >= 0.3 is 12.3 Å². The van der Waals surface area contributed by atoms with Crippen molar-refractivity contribution in [2.45, 2.75) is 19.3 Å². The van der Waals surface area contributed by atoms with E-state index in [-0.39, 0.29) is 0 Å². The normalized spacial score (nSPS) is 11.5. The van der Waals surface area contributed by atoms with Crippen LogP contribution in [0.3, 0.4) is 0 Å². The topological polar surface area (TPSA) is 46.2 Å². The second kappa shape index (κ2) is 4.20. The molecule has 0 unspecified atom stereocenters. The molecule has 0 aromatic heterocycles. The van der Waals surface area contributed by atoms with Gasteiger partial charge in [0, 0.05) is 0 Å². The summed E-state index contributed by atoms with van der Waals surface area (Å²) < 4.78 is 47.2. The first-order chi connectivity index (χ1) is 5.78. The van der Waals surface area contributed by atoms with Crippen LogP contribution in [0.25, 0.3) is 0 Å². The van der Waals surface area contributed by atoms with E-state index in [9.17, 15) is 27.2 Å². The molecule has 0 aliphatic rings. The molecule has 0 rings (SSSR count). The fraction of sp³-hybridized carbons (Fsp3) is 0.667. The van der Waals surface area contributed by atoms with Crippen molar-refractivity contribution < 1.29 is 27.2 Å². The fourth-order valence-electron chi connectivity index (χ4n) is 0.422. The Morgan fingerprint density at radius 1 is 1.38 bits per heavy atom. The number of amides is 1. The highest BCUT2D eigenvalue weighted by atomic mass is 19.3. The number of carbonyl (C=O) groups is 2. The highest BCUT2D eigenvalue weighted by molar-refractivity contribution is 5.88. The van der Waals surface area contributed by atoms with Gasteiger partial charge in [-0.1, -0.05) is 0 Å². The lowest BCUT2D eigenvalue weighted by Crippen LogP contribution is -2.46. The SMILES string of the molecule is CC(=O)CNC(=O)C(F)(F)C(F)F. The zero-order valence-corrected chi connectivity index (χ0v) is 6.61. The van der Waals surface area contributed by atoms with Gasteiger partial charge in [-0.3, -0.25) is 9.59 Å². The summed E-state index contributed by atoms with van der Waals surface area (Å²) in [6.45, 7) is 0.349. The third-order valence-electron chi connectivity index (χ3n) is 1.07. The van der Waals surface area contributed by atoms with Crippen molar-refractivity contribution in [1.82, 2.24) is 5.32 Å². The Morgan fingerprint density at radius 2 is 1.85 bits per heavy atom.